The fraction of sp³-hybridized carbons (Fsp3) is 0.562. The lowest BCUT2D eigenvalue weighted by Crippen LogP contribution is -2.30. The quantitative estimate of drug-likeness (QED) is 0.659. The molecule has 6 nitrogen and oxygen atoms in total. The number of amides is 1. The van der Waals surface area contributed by atoms with Gasteiger partial charge in [0.25, 0.3) is 5.91 Å². The van der Waals surface area contributed by atoms with Gasteiger partial charge in [0.1, 0.15) is 0 Å². The second-order valence-corrected chi connectivity index (χ2v) is 7.01. The summed E-state index contributed by atoms with van der Waals surface area (Å²) in [6.45, 7) is 5.68. The first kappa shape index (κ1) is 19.6. The smallest absolute Gasteiger partial charge is 0.251 e. The van der Waals surface area contributed by atoms with Crippen LogP contribution >= 0.6 is 0 Å². The van der Waals surface area contributed by atoms with Gasteiger partial charge in [-0.1, -0.05) is 13.8 Å². The minimum atomic E-state index is -3.48. The zero-order valence-electron chi connectivity index (χ0n) is 14.0. The van der Waals surface area contributed by atoms with Gasteiger partial charge < -0.3 is 10.1 Å². The summed E-state index contributed by atoms with van der Waals surface area (Å²) in [4.78, 5) is 12.2. The zero-order chi connectivity index (χ0) is 17.3. The lowest BCUT2D eigenvalue weighted by molar-refractivity contribution is 0.0951. The molecule has 0 aliphatic heterocycles. The summed E-state index contributed by atoms with van der Waals surface area (Å²) in [5.74, 6) is -0.200. The normalized spacial score (nSPS) is 11.7. The largest absolute Gasteiger partial charge is 0.385 e. The Morgan fingerprint density at radius 2 is 1.74 bits per heavy atom. The van der Waals surface area contributed by atoms with Crippen LogP contribution in [0.2, 0.25) is 0 Å². The molecule has 0 fully saturated rings. The van der Waals surface area contributed by atoms with Crippen molar-refractivity contribution in [1.82, 2.24) is 9.62 Å². The van der Waals surface area contributed by atoms with Crippen LogP contribution in [-0.2, 0) is 14.8 Å². The molecule has 23 heavy (non-hydrogen) atoms. The van der Waals surface area contributed by atoms with Crippen LogP contribution in [0.15, 0.2) is 29.2 Å². The minimum Gasteiger partial charge on any atom is -0.385 e. The van der Waals surface area contributed by atoms with Crippen molar-refractivity contribution >= 4 is 15.9 Å². The van der Waals surface area contributed by atoms with Gasteiger partial charge in [0.05, 0.1) is 4.90 Å². The van der Waals surface area contributed by atoms with Crippen LogP contribution in [0.4, 0.5) is 0 Å². The number of rotatable bonds is 10. The van der Waals surface area contributed by atoms with Crippen LogP contribution in [0.3, 0.4) is 0 Å². The van der Waals surface area contributed by atoms with Gasteiger partial charge >= 0.3 is 0 Å². The van der Waals surface area contributed by atoms with Gasteiger partial charge in [-0.15, -0.1) is 0 Å². The number of carbonyl (C=O) groups excluding carboxylic acids is 1. The molecular formula is C16H26N2O4S. The Bertz CT molecular complexity index is 581. The number of benzene rings is 1. The monoisotopic (exact) mass is 342 g/mol. The van der Waals surface area contributed by atoms with Crippen LogP contribution in [0, 0.1) is 0 Å². The fourth-order valence-corrected chi connectivity index (χ4v) is 3.62. The summed E-state index contributed by atoms with van der Waals surface area (Å²) in [6, 6.07) is 6.04. The number of unbranched alkanes of at least 4 members (excludes halogenated alkanes) is 1. The molecule has 0 aliphatic carbocycles. The highest BCUT2D eigenvalue weighted by molar-refractivity contribution is 7.89. The molecule has 0 unspecified atom stereocenters. The maximum atomic E-state index is 12.4. The number of carbonyl (C=O) groups is 1. The molecule has 0 radical (unpaired) electrons. The molecule has 1 aromatic carbocycles. The van der Waals surface area contributed by atoms with Crippen molar-refractivity contribution in [2.75, 3.05) is 33.4 Å². The molecule has 0 atom stereocenters. The van der Waals surface area contributed by atoms with E-state index in [4.69, 9.17) is 4.74 Å². The Morgan fingerprint density at radius 3 is 2.26 bits per heavy atom. The summed E-state index contributed by atoms with van der Waals surface area (Å²) in [5.41, 5.74) is 0.454. The van der Waals surface area contributed by atoms with Gasteiger partial charge in [0, 0.05) is 38.9 Å². The highest BCUT2D eigenvalue weighted by Gasteiger charge is 2.21. The van der Waals surface area contributed by atoms with Crippen molar-refractivity contribution in [2.24, 2.45) is 0 Å². The van der Waals surface area contributed by atoms with Gasteiger partial charge in [-0.3, -0.25) is 4.79 Å². The van der Waals surface area contributed by atoms with Crippen molar-refractivity contribution in [2.45, 2.75) is 31.6 Å². The van der Waals surface area contributed by atoms with Crippen molar-refractivity contribution in [3.63, 3.8) is 0 Å². The van der Waals surface area contributed by atoms with E-state index in [0.717, 1.165) is 12.8 Å². The molecule has 0 saturated heterocycles. The van der Waals surface area contributed by atoms with Crippen LogP contribution in [0.25, 0.3) is 0 Å². The predicted octanol–water partition coefficient (Wildman–Crippen LogP) is 1.87. The number of ether oxygens (including phenoxy) is 1. The van der Waals surface area contributed by atoms with Gasteiger partial charge in [-0.05, 0) is 37.1 Å². The lowest BCUT2D eigenvalue weighted by atomic mass is 10.2. The minimum absolute atomic E-state index is 0.200. The van der Waals surface area contributed by atoms with E-state index >= 15 is 0 Å². The molecule has 1 N–H and O–H groups in total. The zero-order valence-corrected chi connectivity index (χ0v) is 14.9. The maximum Gasteiger partial charge on any atom is 0.251 e. The van der Waals surface area contributed by atoms with Crippen molar-refractivity contribution in [1.29, 1.82) is 0 Å². The number of nitrogens with zero attached hydrogens (tertiary/aromatic N) is 1. The molecule has 0 heterocycles. The molecule has 0 saturated carbocycles. The Balaban J connectivity index is 2.67. The average Bonchev–Trinajstić information content (AvgIpc) is 2.55. The molecular weight excluding hydrogens is 316 g/mol. The Labute approximate surface area is 138 Å². The third-order valence-electron chi connectivity index (χ3n) is 3.52. The van der Waals surface area contributed by atoms with Crippen LogP contribution in [-0.4, -0.2) is 52.0 Å². The first-order chi connectivity index (χ1) is 11.0. The lowest BCUT2D eigenvalue weighted by Gasteiger charge is -2.18. The van der Waals surface area contributed by atoms with E-state index in [0.29, 0.717) is 31.8 Å². The number of nitrogens with one attached hydrogen (secondary N) is 1. The van der Waals surface area contributed by atoms with Crippen LogP contribution < -0.4 is 5.32 Å². The van der Waals surface area contributed by atoms with E-state index in [1.54, 1.807) is 33.1 Å². The van der Waals surface area contributed by atoms with Crippen molar-refractivity contribution in [3.8, 4) is 0 Å². The first-order valence-corrected chi connectivity index (χ1v) is 9.28. The highest BCUT2D eigenvalue weighted by atomic mass is 32.2. The first-order valence-electron chi connectivity index (χ1n) is 7.84. The predicted molar refractivity (Wildman–Crippen MR) is 90.0 cm³/mol. The fourth-order valence-electron chi connectivity index (χ4n) is 2.17. The van der Waals surface area contributed by atoms with E-state index in [-0.39, 0.29) is 10.8 Å². The standard InChI is InChI=1S/C16H26N2O4S/c1-4-18(5-2)23(20,21)15-10-8-14(9-11-15)16(19)17-12-6-7-13-22-3/h8-11H,4-7,12-13H2,1-3H3,(H,17,19). The van der Waals surface area contributed by atoms with E-state index in [9.17, 15) is 13.2 Å². The Kier molecular flexibility index (Phi) is 8.22. The average molecular weight is 342 g/mol. The third-order valence-corrected chi connectivity index (χ3v) is 5.58. The molecule has 0 bridgehead atoms. The highest BCUT2D eigenvalue weighted by Crippen LogP contribution is 2.16. The van der Waals surface area contributed by atoms with Crippen LogP contribution in [0.1, 0.15) is 37.0 Å². The summed E-state index contributed by atoms with van der Waals surface area (Å²) >= 11 is 0. The SMILES string of the molecule is CCN(CC)S(=O)(=O)c1ccc(C(=O)NCCCCOC)cc1. The van der Waals surface area contributed by atoms with Gasteiger partial charge in [0.2, 0.25) is 10.0 Å². The number of hydrogen-bond donors (Lipinski definition) is 1. The number of methoxy groups -OCH3 is 1. The number of sulfonamides is 1. The van der Waals surface area contributed by atoms with Gasteiger partial charge in [-0.2, -0.15) is 4.31 Å². The van der Waals surface area contributed by atoms with E-state index in [1.807, 2.05) is 0 Å². The Morgan fingerprint density at radius 1 is 1.13 bits per heavy atom. The molecule has 130 valence electrons. The summed E-state index contributed by atoms with van der Waals surface area (Å²) in [6.07, 6.45) is 1.73. The topological polar surface area (TPSA) is 75.7 Å². The van der Waals surface area contributed by atoms with Crippen molar-refractivity contribution < 1.29 is 17.9 Å². The maximum absolute atomic E-state index is 12.4. The molecule has 1 aromatic rings. The van der Waals surface area contributed by atoms with E-state index in [2.05, 4.69) is 5.32 Å². The van der Waals surface area contributed by atoms with E-state index in [1.165, 1.54) is 16.4 Å². The van der Waals surface area contributed by atoms with Gasteiger partial charge in [0.15, 0.2) is 0 Å². The van der Waals surface area contributed by atoms with Crippen LogP contribution in [0.5, 0.6) is 0 Å². The molecule has 0 aliphatic rings. The molecule has 0 spiro atoms. The molecule has 1 amide bonds. The van der Waals surface area contributed by atoms with Crippen molar-refractivity contribution in [3.05, 3.63) is 29.8 Å². The second-order valence-electron chi connectivity index (χ2n) is 5.07. The molecule has 7 heteroatoms. The third kappa shape index (κ3) is 5.60. The summed E-state index contributed by atoms with van der Waals surface area (Å²) in [5, 5.41) is 2.81. The number of hydrogen-bond acceptors (Lipinski definition) is 4. The molecule has 0 aromatic heterocycles. The van der Waals surface area contributed by atoms with Gasteiger partial charge in [-0.25, -0.2) is 8.42 Å². The summed E-state index contributed by atoms with van der Waals surface area (Å²) < 4.78 is 31.1. The molecule has 1 rings (SSSR count). The summed E-state index contributed by atoms with van der Waals surface area (Å²) in [7, 11) is -1.84. The second kappa shape index (κ2) is 9.64. The van der Waals surface area contributed by atoms with E-state index < -0.39 is 10.0 Å². The Hall–Kier alpha value is -1.44.